The van der Waals surface area contributed by atoms with E-state index in [1.54, 1.807) is 6.92 Å². The molecule has 3 aromatic rings. The zero-order chi connectivity index (χ0) is 12.7. The lowest BCUT2D eigenvalue weighted by atomic mass is 10.00. The summed E-state index contributed by atoms with van der Waals surface area (Å²) in [5.74, 6) is -1.35. The fourth-order valence-electron chi connectivity index (χ4n) is 2.15. The molecule has 0 aliphatic rings. The first-order chi connectivity index (χ1) is 8.66. The topological polar surface area (TPSA) is 50.4 Å². The Kier molecular flexibility index (Phi) is 2.33. The van der Waals surface area contributed by atoms with E-state index in [-0.39, 0.29) is 0 Å². The molecule has 18 heavy (non-hydrogen) atoms. The lowest BCUT2D eigenvalue weighted by Crippen LogP contribution is -2.06. The summed E-state index contributed by atoms with van der Waals surface area (Å²) in [6.45, 7) is 1.67. The Hall–Kier alpha value is -2.29. The Balaban J connectivity index is 2.24. The molecule has 0 saturated carbocycles. The molecule has 0 fully saturated rings. The lowest BCUT2D eigenvalue weighted by Gasteiger charge is -2.05. The largest absolute Gasteiger partial charge is 0.481 e. The summed E-state index contributed by atoms with van der Waals surface area (Å²) in [6.07, 6.45) is 0. The number of hydrogen-bond acceptors (Lipinski definition) is 2. The van der Waals surface area contributed by atoms with Crippen molar-refractivity contribution in [1.29, 1.82) is 0 Å². The van der Waals surface area contributed by atoms with Crippen LogP contribution in [0.1, 0.15) is 18.4 Å². The molecule has 3 heteroatoms. The molecule has 90 valence electrons. The average Bonchev–Trinajstić information content (AvgIpc) is 2.75. The Morgan fingerprint density at radius 3 is 2.61 bits per heavy atom. The molecule has 3 rings (SSSR count). The minimum absolute atomic E-state index is 0.525. The highest BCUT2D eigenvalue weighted by atomic mass is 16.4. The molecule has 0 spiro atoms. The van der Waals surface area contributed by atoms with E-state index in [4.69, 9.17) is 9.52 Å². The monoisotopic (exact) mass is 240 g/mol. The number of carboxylic acid groups (broad SMARTS) is 1. The maximum atomic E-state index is 11.0. The van der Waals surface area contributed by atoms with E-state index in [1.165, 1.54) is 0 Å². The van der Waals surface area contributed by atoms with Gasteiger partial charge in [-0.05, 0) is 24.6 Å². The third-order valence-corrected chi connectivity index (χ3v) is 3.27. The van der Waals surface area contributed by atoms with Crippen LogP contribution in [0.3, 0.4) is 0 Å². The normalized spacial score (nSPS) is 12.9. The molecule has 0 radical (unpaired) electrons. The number of aliphatic carboxylic acids is 1. The van der Waals surface area contributed by atoms with Crippen molar-refractivity contribution in [3.63, 3.8) is 0 Å². The second-order valence-corrected chi connectivity index (χ2v) is 4.41. The van der Waals surface area contributed by atoms with E-state index in [0.717, 1.165) is 27.5 Å². The molecule has 1 heterocycles. The van der Waals surface area contributed by atoms with Gasteiger partial charge in [-0.3, -0.25) is 4.79 Å². The van der Waals surface area contributed by atoms with Gasteiger partial charge in [0.25, 0.3) is 0 Å². The number of carbonyl (C=O) groups is 1. The average molecular weight is 240 g/mol. The second-order valence-electron chi connectivity index (χ2n) is 4.41. The van der Waals surface area contributed by atoms with E-state index < -0.39 is 11.9 Å². The molecule has 0 aliphatic carbocycles. The molecule has 0 aliphatic heterocycles. The number of furan rings is 1. The third-order valence-electron chi connectivity index (χ3n) is 3.27. The van der Waals surface area contributed by atoms with Crippen LogP contribution in [0.2, 0.25) is 0 Å². The van der Waals surface area contributed by atoms with Gasteiger partial charge < -0.3 is 9.52 Å². The number of para-hydroxylation sites is 1. The van der Waals surface area contributed by atoms with Crippen molar-refractivity contribution in [1.82, 2.24) is 0 Å². The number of hydrogen-bond donors (Lipinski definition) is 1. The Labute approximate surface area is 104 Å². The zero-order valence-corrected chi connectivity index (χ0v) is 9.88. The highest BCUT2D eigenvalue weighted by Crippen LogP contribution is 2.30. The van der Waals surface area contributed by atoms with Gasteiger partial charge in [-0.1, -0.05) is 30.3 Å². The fraction of sp³-hybridized carbons (Fsp3) is 0.133. The summed E-state index contributed by atoms with van der Waals surface area (Å²) in [6, 6.07) is 13.4. The minimum Gasteiger partial charge on any atom is -0.481 e. The van der Waals surface area contributed by atoms with Crippen molar-refractivity contribution in [3.05, 3.63) is 48.0 Å². The fourth-order valence-corrected chi connectivity index (χ4v) is 2.15. The predicted molar refractivity (Wildman–Crippen MR) is 69.8 cm³/mol. The van der Waals surface area contributed by atoms with Crippen LogP contribution in [0.25, 0.3) is 21.9 Å². The van der Waals surface area contributed by atoms with Gasteiger partial charge in [-0.25, -0.2) is 0 Å². The summed E-state index contributed by atoms with van der Waals surface area (Å²) in [5.41, 5.74) is 2.32. The van der Waals surface area contributed by atoms with Gasteiger partial charge in [0.05, 0.1) is 5.92 Å². The minimum atomic E-state index is -0.828. The smallest absolute Gasteiger partial charge is 0.310 e. The van der Waals surface area contributed by atoms with Crippen LogP contribution in [-0.2, 0) is 4.79 Å². The van der Waals surface area contributed by atoms with Crippen LogP contribution < -0.4 is 0 Å². The van der Waals surface area contributed by atoms with Gasteiger partial charge in [0, 0.05) is 10.8 Å². The van der Waals surface area contributed by atoms with E-state index in [1.807, 2.05) is 42.5 Å². The maximum absolute atomic E-state index is 11.0. The van der Waals surface area contributed by atoms with Crippen LogP contribution in [0, 0.1) is 0 Å². The van der Waals surface area contributed by atoms with E-state index in [9.17, 15) is 4.79 Å². The molecule has 2 aromatic carbocycles. The van der Waals surface area contributed by atoms with Crippen molar-refractivity contribution in [2.45, 2.75) is 12.8 Å². The first-order valence-corrected chi connectivity index (χ1v) is 5.81. The molecule has 1 unspecified atom stereocenters. The van der Waals surface area contributed by atoms with Crippen molar-refractivity contribution < 1.29 is 14.3 Å². The summed E-state index contributed by atoms with van der Waals surface area (Å²) >= 11 is 0. The van der Waals surface area contributed by atoms with Crippen LogP contribution in [0.5, 0.6) is 0 Å². The molecular weight excluding hydrogens is 228 g/mol. The predicted octanol–water partition coefficient (Wildman–Crippen LogP) is 3.77. The summed E-state index contributed by atoms with van der Waals surface area (Å²) in [7, 11) is 0. The first kappa shape index (κ1) is 10.8. The van der Waals surface area contributed by atoms with E-state index in [0.29, 0.717) is 0 Å². The number of carboxylic acids is 1. The zero-order valence-electron chi connectivity index (χ0n) is 9.88. The second kappa shape index (κ2) is 3.88. The SMILES string of the molecule is CC(C(=O)O)c1ccc2c(c1)oc1ccccc12. The first-order valence-electron chi connectivity index (χ1n) is 5.81. The van der Waals surface area contributed by atoms with Crippen LogP contribution in [-0.4, -0.2) is 11.1 Å². The van der Waals surface area contributed by atoms with Gasteiger partial charge in [0.2, 0.25) is 0 Å². The van der Waals surface area contributed by atoms with Gasteiger partial charge >= 0.3 is 5.97 Å². The van der Waals surface area contributed by atoms with Crippen LogP contribution in [0.4, 0.5) is 0 Å². The summed E-state index contributed by atoms with van der Waals surface area (Å²) in [5, 5.41) is 11.1. The van der Waals surface area contributed by atoms with Crippen molar-refractivity contribution in [2.24, 2.45) is 0 Å². The maximum Gasteiger partial charge on any atom is 0.310 e. The van der Waals surface area contributed by atoms with E-state index in [2.05, 4.69) is 0 Å². The molecule has 3 nitrogen and oxygen atoms in total. The number of benzene rings is 2. The van der Waals surface area contributed by atoms with Crippen LogP contribution in [0.15, 0.2) is 46.9 Å². The molecule has 0 amide bonds. The van der Waals surface area contributed by atoms with Crippen molar-refractivity contribution >= 4 is 27.9 Å². The highest BCUT2D eigenvalue weighted by Gasteiger charge is 2.15. The molecule has 0 bridgehead atoms. The summed E-state index contributed by atoms with van der Waals surface area (Å²) < 4.78 is 5.73. The molecule has 1 atom stereocenters. The van der Waals surface area contributed by atoms with Crippen molar-refractivity contribution in [3.8, 4) is 0 Å². The summed E-state index contributed by atoms with van der Waals surface area (Å²) in [4.78, 5) is 11.0. The Morgan fingerprint density at radius 2 is 1.83 bits per heavy atom. The van der Waals surface area contributed by atoms with Crippen molar-refractivity contribution in [2.75, 3.05) is 0 Å². The van der Waals surface area contributed by atoms with Gasteiger partial charge in [0.15, 0.2) is 0 Å². The Bertz CT molecular complexity index is 740. The van der Waals surface area contributed by atoms with E-state index >= 15 is 0 Å². The van der Waals surface area contributed by atoms with Gasteiger partial charge in [0.1, 0.15) is 11.2 Å². The van der Waals surface area contributed by atoms with Gasteiger partial charge in [-0.15, -0.1) is 0 Å². The van der Waals surface area contributed by atoms with Gasteiger partial charge in [-0.2, -0.15) is 0 Å². The molecule has 1 aromatic heterocycles. The molecule has 0 saturated heterocycles. The highest BCUT2D eigenvalue weighted by molar-refractivity contribution is 6.05. The quantitative estimate of drug-likeness (QED) is 0.741. The number of fused-ring (bicyclic) bond motifs is 3. The molecular formula is C15H12O3. The third kappa shape index (κ3) is 1.56. The molecule has 1 N–H and O–H groups in total. The number of rotatable bonds is 2. The Morgan fingerprint density at radius 1 is 1.11 bits per heavy atom. The lowest BCUT2D eigenvalue weighted by molar-refractivity contribution is -0.138. The standard InChI is InChI=1S/C15H12O3/c1-9(15(16)17)10-6-7-12-11-4-2-3-5-13(11)18-14(12)8-10/h2-9H,1H3,(H,16,17). The van der Waals surface area contributed by atoms with Crippen LogP contribution >= 0.6 is 0 Å².